The van der Waals surface area contributed by atoms with E-state index < -0.39 is 0 Å². The van der Waals surface area contributed by atoms with E-state index in [-0.39, 0.29) is 5.69 Å². The Kier molecular flexibility index (Phi) is 4.99. The normalized spacial score (nSPS) is 11.3. The molecule has 0 aliphatic rings. The van der Waals surface area contributed by atoms with Gasteiger partial charge in [-0.2, -0.15) is 5.10 Å². The first-order chi connectivity index (χ1) is 10.1. The third-order valence-electron chi connectivity index (χ3n) is 3.93. The number of hydrogen-bond donors (Lipinski definition) is 1. The molecule has 0 atom stereocenters. The van der Waals surface area contributed by atoms with Crippen LogP contribution in [-0.2, 0) is 0 Å². The van der Waals surface area contributed by atoms with Gasteiger partial charge in [0, 0.05) is 5.92 Å². The molecule has 1 aromatic heterocycles. The molecule has 0 fully saturated rings. The van der Waals surface area contributed by atoms with Crippen molar-refractivity contribution >= 4 is 0 Å². The maximum absolute atomic E-state index is 12.2. The molecule has 0 radical (unpaired) electrons. The first-order valence-electron chi connectivity index (χ1n) is 7.83. The average molecular weight is 287 g/mol. The Morgan fingerprint density at radius 1 is 1.19 bits per heavy atom. The van der Waals surface area contributed by atoms with Crippen LogP contribution in [0.3, 0.4) is 0 Å². The van der Waals surface area contributed by atoms with Gasteiger partial charge in [0.1, 0.15) is 5.82 Å². The third kappa shape index (κ3) is 3.26. The van der Waals surface area contributed by atoms with Gasteiger partial charge in [-0.25, -0.2) is 14.5 Å². The lowest BCUT2D eigenvalue weighted by atomic mass is 9.97. The molecule has 4 nitrogen and oxygen atoms in total. The van der Waals surface area contributed by atoms with Gasteiger partial charge in [0.15, 0.2) is 0 Å². The van der Waals surface area contributed by atoms with Crippen molar-refractivity contribution in [2.75, 3.05) is 0 Å². The van der Waals surface area contributed by atoms with Crippen LogP contribution >= 0.6 is 0 Å². The van der Waals surface area contributed by atoms with Crippen molar-refractivity contribution < 1.29 is 0 Å². The predicted molar refractivity (Wildman–Crippen MR) is 86.2 cm³/mol. The van der Waals surface area contributed by atoms with E-state index in [9.17, 15) is 4.79 Å². The average Bonchev–Trinajstić information content (AvgIpc) is 2.80. The van der Waals surface area contributed by atoms with Gasteiger partial charge in [-0.15, -0.1) is 0 Å². The Morgan fingerprint density at radius 2 is 1.86 bits per heavy atom. The summed E-state index contributed by atoms with van der Waals surface area (Å²) in [6, 6.07) is 6.16. The summed E-state index contributed by atoms with van der Waals surface area (Å²) >= 11 is 0. The molecular weight excluding hydrogens is 262 g/mol. The van der Waals surface area contributed by atoms with Crippen molar-refractivity contribution in [2.24, 2.45) is 0 Å². The number of aromatic amines is 1. The van der Waals surface area contributed by atoms with Gasteiger partial charge in [0.25, 0.3) is 0 Å². The molecule has 21 heavy (non-hydrogen) atoms. The number of rotatable bonds is 6. The van der Waals surface area contributed by atoms with Crippen molar-refractivity contribution in [2.45, 2.75) is 59.3 Å². The van der Waals surface area contributed by atoms with Crippen LogP contribution in [0.15, 0.2) is 23.0 Å². The fourth-order valence-electron chi connectivity index (χ4n) is 2.97. The number of nitrogens with zero attached hydrogens (tertiary/aromatic N) is 2. The van der Waals surface area contributed by atoms with Crippen molar-refractivity contribution in [3.63, 3.8) is 0 Å². The quantitative estimate of drug-likeness (QED) is 0.877. The standard InChI is InChI=1S/C17H25N3O/c1-5-7-14(8-6-2)16-18-19-17(21)20(16)15-10-9-12(3)11-13(15)4/h9-11,14H,5-8H2,1-4H3,(H,19,21). The summed E-state index contributed by atoms with van der Waals surface area (Å²) in [4.78, 5) is 12.2. The summed E-state index contributed by atoms with van der Waals surface area (Å²) in [5.74, 6) is 1.20. The summed E-state index contributed by atoms with van der Waals surface area (Å²) in [5.41, 5.74) is 3.10. The SMILES string of the molecule is CCCC(CCC)c1n[nH]c(=O)n1-c1ccc(C)cc1C. The van der Waals surface area contributed by atoms with E-state index in [4.69, 9.17) is 0 Å². The molecular formula is C17H25N3O. The minimum absolute atomic E-state index is 0.144. The zero-order chi connectivity index (χ0) is 15.4. The molecule has 1 heterocycles. The minimum atomic E-state index is -0.144. The molecule has 2 aromatic rings. The number of nitrogens with one attached hydrogen (secondary N) is 1. The number of aryl methyl sites for hydroxylation is 2. The molecule has 0 aliphatic carbocycles. The van der Waals surface area contributed by atoms with E-state index in [2.05, 4.69) is 37.0 Å². The summed E-state index contributed by atoms with van der Waals surface area (Å²) < 4.78 is 1.75. The van der Waals surface area contributed by atoms with Crippen LogP contribution in [0, 0.1) is 13.8 Å². The molecule has 0 saturated carbocycles. The Balaban J connectivity index is 2.53. The van der Waals surface area contributed by atoms with Crippen LogP contribution in [0.25, 0.3) is 5.69 Å². The third-order valence-corrected chi connectivity index (χ3v) is 3.93. The van der Waals surface area contributed by atoms with Crippen molar-refractivity contribution in [3.05, 3.63) is 45.6 Å². The van der Waals surface area contributed by atoms with Crippen LogP contribution in [0.5, 0.6) is 0 Å². The van der Waals surface area contributed by atoms with Gasteiger partial charge in [-0.05, 0) is 38.3 Å². The maximum atomic E-state index is 12.2. The lowest BCUT2D eigenvalue weighted by Gasteiger charge is -2.17. The van der Waals surface area contributed by atoms with Crippen LogP contribution in [0.2, 0.25) is 0 Å². The van der Waals surface area contributed by atoms with Crippen molar-refractivity contribution in [1.82, 2.24) is 14.8 Å². The molecule has 1 aromatic carbocycles. The fraction of sp³-hybridized carbons (Fsp3) is 0.529. The van der Waals surface area contributed by atoms with E-state index in [0.29, 0.717) is 5.92 Å². The van der Waals surface area contributed by atoms with Gasteiger partial charge < -0.3 is 0 Å². The van der Waals surface area contributed by atoms with Crippen LogP contribution in [0.4, 0.5) is 0 Å². The number of H-pyrrole nitrogens is 1. The van der Waals surface area contributed by atoms with Crippen molar-refractivity contribution in [3.8, 4) is 5.69 Å². The summed E-state index contributed by atoms with van der Waals surface area (Å²) in [5, 5.41) is 6.95. The summed E-state index contributed by atoms with van der Waals surface area (Å²) in [6.45, 7) is 8.46. The van der Waals surface area contributed by atoms with E-state index >= 15 is 0 Å². The highest BCUT2D eigenvalue weighted by atomic mass is 16.1. The smallest absolute Gasteiger partial charge is 0.247 e. The highest BCUT2D eigenvalue weighted by molar-refractivity contribution is 5.43. The lowest BCUT2D eigenvalue weighted by molar-refractivity contribution is 0.525. The van der Waals surface area contributed by atoms with Gasteiger partial charge in [-0.1, -0.05) is 44.4 Å². The number of benzene rings is 1. The van der Waals surface area contributed by atoms with E-state index in [1.165, 1.54) is 5.56 Å². The van der Waals surface area contributed by atoms with E-state index in [1.54, 1.807) is 4.57 Å². The number of aromatic nitrogens is 3. The number of hydrogen-bond acceptors (Lipinski definition) is 2. The van der Waals surface area contributed by atoms with E-state index in [1.807, 2.05) is 19.1 Å². The largest absolute Gasteiger partial charge is 0.347 e. The van der Waals surface area contributed by atoms with Crippen molar-refractivity contribution in [1.29, 1.82) is 0 Å². The Labute approximate surface area is 126 Å². The van der Waals surface area contributed by atoms with Crippen LogP contribution in [-0.4, -0.2) is 14.8 Å². The maximum Gasteiger partial charge on any atom is 0.347 e. The van der Waals surface area contributed by atoms with Crippen LogP contribution < -0.4 is 5.69 Å². The van der Waals surface area contributed by atoms with Gasteiger partial charge in [-0.3, -0.25) is 0 Å². The second-order valence-corrected chi connectivity index (χ2v) is 5.79. The molecule has 4 heteroatoms. The molecule has 0 bridgehead atoms. The summed E-state index contributed by atoms with van der Waals surface area (Å²) in [6.07, 6.45) is 4.31. The molecule has 0 aliphatic heterocycles. The fourth-order valence-corrected chi connectivity index (χ4v) is 2.97. The first kappa shape index (κ1) is 15.5. The Bertz CT molecular complexity index is 648. The molecule has 2 rings (SSSR count). The zero-order valence-electron chi connectivity index (χ0n) is 13.4. The minimum Gasteiger partial charge on any atom is -0.247 e. The molecule has 0 spiro atoms. The summed E-state index contributed by atoms with van der Waals surface area (Å²) in [7, 11) is 0. The molecule has 1 N–H and O–H groups in total. The second kappa shape index (κ2) is 6.74. The van der Waals surface area contributed by atoms with Gasteiger partial charge in [0.2, 0.25) is 0 Å². The topological polar surface area (TPSA) is 50.7 Å². The molecule has 0 saturated heterocycles. The lowest BCUT2D eigenvalue weighted by Crippen LogP contribution is -2.19. The highest BCUT2D eigenvalue weighted by Gasteiger charge is 2.20. The second-order valence-electron chi connectivity index (χ2n) is 5.79. The van der Waals surface area contributed by atoms with Gasteiger partial charge in [0.05, 0.1) is 5.69 Å². The molecule has 114 valence electrons. The first-order valence-corrected chi connectivity index (χ1v) is 7.83. The molecule has 0 amide bonds. The predicted octanol–water partition coefficient (Wildman–Crippen LogP) is 3.86. The van der Waals surface area contributed by atoms with Crippen LogP contribution in [0.1, 0.15) is 62.4 Å². The molecule has 0 unspecified atom stereocenters. The monoisotopic (exact) mass is 287 g/mol. The Morgan fingerprint density at radius 3 is 2.43 bits per heavy atom. The zero-order valence-corrected chi connectivity index (χ0v) is 13.4. The highest BCUT2D eigenvalue weighted by Crippen LogP contribution is 2.26. The van der Waals surface area contributed by atoms with E-state index in [0.717, 1.165) is 42.8 Å². The Hall–Kier alpha value is -1.84. The van der Waals surface area contributed by atoms with Gasteiger partial charge >= 0.3 is 5.69 Å².